The van der Waals surface area contributed by atoms with Crippen LogP contribution in [0.3, 0.4) is 0 Å². The Bertz CT molecular complexity index is 763. The lowest BCUT2D eigenvalue weighted by Crippen LogP contribution is -2.60. The molecular weight excluding hydrogens is 350 g/mol. The maximum Gasteiger partial charge on any atom is 0.223 e. The van der Waals surface area contributed by atoms with Crippen molar-refractivity contribution >= 4 is 5.91 Å². The minimum absolute atomic E-state index is 0.315. The van der Waals surface area contributed by atoms with E-state index in [0.29, 0.717) is 24.3 Å². The fourth-order valence-electron chi connectivity index (χ4n) is 6.49. The van der Waals surface area contributed by atoms with Crippen molar-refractivity contribution in [1.29, 1.82) is 0 Å². The van der Waals surface area contributed by atoms with Crippen molar-refractivity contribution < 1.29 is 9.32 Å². The van der Waals surface area contributed by atoms with Crippen LogP contribution >= 0.6 is 0 Å². The van der Waals surface area contributed by atoms with Crippen molar-refractivity contribution in [1.82, 2.24) is 15.0 Å². The average molecular weight is 384 g/mol. The molecule has 3 fully saturated rings. The number of aryl methyl sites for hydroxylation is 2. The van der Waals surface area contributed by atoms with Crippen LogP contribution in [0.2, 0.25) is 0 Å². The van der Waals surface area contributed by atoms with Gasteiger partial charge in [-0.3, -0.25) is 9.69 Å². The molecule has 28 heavy (non-hydrogen) atoms. The summed E-state index contributed by atoms with van der Waals surface area (Å²) < 4.78 is 5.27. The van der Waals surface area contributed by atoms with E-state index in [4.69, 9.17) is 4.52 Å². The molecule has 0 saturated carbocycles. The zero-order chi connectivity index (χ0) is 19.3. The molecular formula is C23H33N3O2. The van der Waals surface area contributed by atoms with Crippen molar-refractivity contribution in [3.05, 3.63) is 28.7 Å². The summed E-state index contributed by atoms with van der Waals surface area (Å²) in [4.78, 5) is 18.2. The van der Waals surface area contributed by atoms with Gasteiger partial charge in [-0.05, 0) is 70.8 Å². The maximum absolute atomic E-state index is 13.2. The number of rotatable bonds is 3. The SMILES string of the molecule is Cc1noc(C)c1CCC(=O)N1CCCC2=C[C@@H]3C[C@@H](CN4CCCC[C@H]34)[C@@H]21. The van der Waals surface area contributed by atoms with Crippen molar-refractivity contribution in [2.24, 2.45) is 11.8 Å². The van der Waals surface area contributed by atoms with Crippen LogP contribution in [-0.4, -0.2) is 52.6 Å². The third-order valence-corrected chi connectivity index (χ3v) is 7.75. The molecule has 3 saturated heterocycles. The van der Waals surface area contributed by atoms with Gasteiger partial charge in [0.25, 0.3) is 0 Å². The van der Waals surface area contributed by atoms with E-state index in [-0.39, 0.29) is 0 Å². The lowest BCUT2D eigenvalue weighted by atomic mass is 9.68. The predicted octanol–water partition coefficient (Wildman–Crippen LogP) is 3.65. The largest absolute Gasteiger partial charge is 0.361 e. The number of fused-ring (bicyclic) bond motifs is 6. The minimum Gasteiger partial charge on any atom is -0.361 e. The van der Waals surface area contributed by atoms with Crippen LogP contribution in [0.25, 0.3) is 0 Å². The molecule has 0 aromatic carbocycles. The Morgan fingerprint density at radius 3 is 2.96 bits per heavy atom. The summed E-state index contributed by atoms with van der Waals surface area (Å²) in [6.45, 7) is 7.29. The lowest BCUT2D eigenvalue weighted by Gasteiger charge is -2.54. The average Bonchev–Trinajstić information content (AvgIpc) is 3.03. The van der Waals surface area contributed by atoms with Crippen molar-refractivity contribution in [3.8, 4) is 0 Å². The first-order valence-electron chi connectivity index (χ1n) is 11.3. The molecule has 0 unspecified atom stereocenters. The second-order valence-electron chi connectivity index (χ2n) is 9.40. The summed E-state index contributed by atoms with van der Waals surface area (Å²) in [5.74, 6) is 2.52. The Hall–Kier alpha value is -1.62. The number of carbonyl (C=O) groups excluding carboxylic acids is 1. The van der Waals surface area contributed by atoms with E-state index in [1.165, 1.54) is 45.2 Å². The third-order valence-electron chi connectivity index (χ3n) is 7.75. The van der Waals surface area contributed by atoms with E-state index in [9.17, 15) is 4.79 Å². The number of aromatic nitrogens is 1. The third kappa shape index (κ3) is 3.12. The van der Waals surface area contributed by atoms with Gasteiger partial charge in [0.2, 0.25) is 5.91 Å². The number of amides is 1. The molecule has 0 spiro atoms. The molecule has 1 aromatic heterocycles. The molecule has 4 heterocycles. The first-order chi connectivity index (χ1) is 13.6. The van der Waals surface area contributed by atoms with Gasteiger partial charge in [0.1, 0.15) is 5.76 Å². The maximum atomic E-state index is 13.2. The second-order valence-corrected chi connectivity index (χ2v) is 9.40. The number of hydrogen-bond donors (Lipinski definition) is 0. The highest BCUT2D eigenvalue weighted by Gasteiger charge is 2.46. The Morgan fingerprint density at radius 2 is 2.14 bits per heavy atom. The Kier molecular flexibility index (Phi) is 4.82. The van der Waals surface area contributed by atoms with Crippen molar-refractivity contribution in [2.45, 2.75) is 77.3 Å². The monoisotopic (exact) mass is 383 g/mol. The van der Waals surface area contributed by atoms with Gasteiger partial charge in [-0.25, -0.2) is 0 Å². The van der Waals surface area contributed by atoms with E-state index in [2.05, 4.69) is 21.0 Å². The summed E-state index contributed by atoms with van der Waals surface area (Å²) in [5.41, 5.74) is 3.61. The van der Waals surface area contributed by atoms with Crippen LogP contribution < -0.4 is 0 Å². The van der Waals surface area contributed by atoms with Crippen LogP contribution in [-0.2, 0) is 11.2 Å². The molecule has 0 radical (unpaired) electrons. The summed E-state index contributed by atoms with van der Waals surface area (Å²) in [6.07, 6.45) is 11.6. The highest BCUT2D eigenvalue weighted by Crippen LogP contribution is 2.45. The van der Waals surface area contributed by atoms with E-state index in [1.54, 1.807) is 5.57 Å². The predicted molar refractivity (Wildman–Crippen MR) is 108 cm³/mol. The van der Waals surface area contributed by atoms with Gasteiger partial charge in [0, 0.05) is 31.1 Å². The van der Waals surface area contributed by atoms with Gasteiger partial charge >= 0.3 is 0 Å². The van der Waals surface area contributed by atoms with Gasteiger partial charge in [0.15, 0.2) is 0 Å². The molecule has 5 rings (SSSR count). The van der Waals surface area contributed by atoms with Crippen LogP contribution in [0, 0.1) is 25.7 Å². The molecule has 1 aromatic rings. The van der Waals surface area contributed by atoms with Gasteiger partial charge in [-0.2, -0.15) is 0 Å². The topological polar surface area (TPSA) is 49.6 Å². The number of hydrogen-bond acceptors (Lipinski definition) is 4. The summed E-state index contributed by atoms with van der Waals surface area (Å²) in [6, 6.07) is 1.12. The fraction of sp³-hybridized carbons (Fsp3) is 0.739. The number of piperidine rings is 3. The van der Waals surface area contributed by atoms with E-state index in [0.717, 1.165) is 48.4 Å². The molecule has 1 aliphatic carbocycles. The highest BCUT2D eigenvalue weighted by atomic mass is 16.5. The zero-order valence-electron chi connectivity index (χ0n) is 17.3. The standard InChI is InChI=1S/C23H33N3O2/c1-15-20(16(2)28-24-15)8-9-22(27)26-11-5-6-17-12-18-13-19(23(17)26)14-25-10-4-3-7-21(18)25/h12,18-19,21,23H,3-11,13-14H2,1-2H3/t18-,19+,21-,23-/m1/s1. The van der Waals surface area contributed by atoms with Crippen LogP contribution in [0.1, 0.15) is 62.0 Å². The van der Waals surface area contributed by atoms with E-state index in [1.807, 2.05) is 13.8 Å². The van der Waals surface area contributed by atoms with E-state index >= 15 is 0 Å². The van der Waals surface area contributed by atoms with Gasteiger partial charge in [-0.15, -0.1) is 0 Å². The molecule has 3 aliphatic heterocycles. The number of likely N-dealkylation sites (tertiary alicyclic amines) is 1. The fourth-order valence-corrected chi connectivity index (χ4v) is 6.49. The minimum atomic E-state index is 0.315. The number of nitrogens with zero attached hydrogens (tertiary/aromatic N) is 3. The van der Waals surface area contributed by atoms with Crippen molar-refractivity contribution in [3.63, 3.8) is 0 Å². The van der Waals surface area contributed by atoms with Gasteiger partial charge < -0.3 is 9.42 Å². The van der Waals surface area contributed by atoms with Gasteiger partial charge in [-0.1, -0.05) is 23.2 Å². The molecule has 2 bridgehead atoms. The summed E-state index contributed by atoms with van der Waals surface area (Å²) >= 11 is 0. The van der Waals surface area contributed by atoms with Gasteiger partial charge in [0.05, 0.1) is 11.7 Å². The Balaban J connectivity index is 1.33. The smallest absolute Gasteiger partial charge is 0.223 e. The summed E-state index contributed by atoms with van der Waals surface area (Å²) in [5, 5.41) is 4.04. The molecule has 4 atom stereocenters. The first-order valence-corrected chi connectivity index (χ1v) is 11.3. The highest BCUT2D eigenvalue weighted by molar-refractivity contribution is 5.77. The lowest BCUT2D eigenvalue weighted by molar-refractivity contribution is -0.136. The van der Waals surface area contributed by atoms with Crippen LogP contribution in [0.4, 0.5) is 0 Å². The molecule has 5 heteroatoms. The molecule has 4 aliphatic rings. The Morgan fingerprint density at radius 1 is 1.25 bits per heavy atom. The molecule has 1 amide bonds. The Labute approximate surface area is 168 Å². The number of carbonyl (C=O) groups is 1. The molecule has 5 nitrogen and oxygen atoms in total. The summed E-state index contributed by atoms with van der Waals surface area (Å²) in [7, 11) is 0. The second kappa shape index (κ2) is 7.33. The molecule has 0 N–H and O–H groups in total. The quantitative estimate of drug-likeness (QED) is 0.748. The molecule has 152 valence electrons. The zero-order valence-corrected chi connectivity index (χ0v) is 17.3. The van der Waals surface area contributed by atoms with E-state index < -0.39 is 0 Å². The van der Waals surface area contributed by atoms with Crippen molar-refractivity contribution in [2.75, 3.05) is 19.6 Å². The van der Waals surface area contributed by atoms with Crippen LogP contribution in [0.15, 0.2) is 16.2 Å². The normalized spacial score (nSPS) is 32.5. The first kappa shape index (κ1) is 18.4. The van der Waals surface area contributed by atoms with Crippen LogP contribution in [0.5, 0.6) is 0 Å².